The summed E-state index contributed by atoms with van der Waals surface area (Å²) in [6, 6.07) is 3.40. The summed E-state index contributed by atoms with van der Waals surface area (Å²) in [7, 11) is -0.543. The molecule has 1 saturated heterocycles. The van der Waals surface area contributed by atoms with Gasteiger partial charge in [-0.15, -0.1) is 0 Å². The van der Waals surface area contributed by atoms with Crippen LogP contribution in [-0.2, 0) is 20.6 Å². The molecule has 0 aromatic heterocycles. The topological polar surface area (TPSA) is 70.9 Å². The minimum absolute atomic E-state index is 0.0827. The first-order chi connectivity index (χ1) is 17.6. The van der Waals surface area contributed by atoms with E-state index in [-0.39, 0.29) is 15.6 Å². The molecule has 2 amide bonds. The highest BCUT2D eigenvalue weighted by Gasteiger charge is 2.42. The highest BCUT2D eigenvalue weighted by molar-refractivity contribution is 7.96. The Morgan fingerprint density at radius 3 is 2.13 bits per heavy atom. The second kappa shape index (κ2) is 11.7. The van der Waals surface area contributed by atoms with Crippen molar-refractivity contribution in [3.63, 3.8) is 0 Å². The molecule has 1 heterocycles. The van der Waals surface area contributed by atoms with Crippen molar-refractivity contribution in [1.82, 2.24) is 5.32 Å². The lowest BCUT2D eigenvalue weighted by atomic mass is 10.0. The molecule has 0 spiro atoms. The second-order valence-electron chi connectivity index (χ2n) is 8.32. The molecule has 1 N–H and O–H groups in total. The van der Waals surface area contributed by atoms with Crippen LogP contribution >= 0.6 is 23.2 Å². The number of rotatable bonds is 5. The second-order valence-corrected chi connectivity index (χ2v) is 12.2. The standard InChI is InChI=1S/C24H21Cl2F6N3O2S/c1-33-38(8-2-3-9-38)35-22(37)18-6-4-14(10-19(18)23(27,28)29)5-7-20(36)34-21(24(30,31)32)15-11-16(25)13-17(26)12-15/h4-7,10-13,21H,2-3,8-9H2,1H3,(H,34,36)/b7-5+. The van der Waals surface area contributed by atoms with E-state index in [4.69, 9.17) is 23.2 Å². The highest BCUT2D eigenvalue weighted by Crippen LogP contribution is 2.36. The van der Waals surface area contributed by atoms with Crippen LogP contribution in [0.2, 0.25) is 10.0 Å². The fraction of sp³-hybridized carbons (Fsp3) is 0.333. The molecule has 3 rings (SSSR count). The molecule has 1 unspecified atom stereocenters. The van der Waals surface area contributed by atoms with Gasteiger partial charge in [0.15, 0.2) is 6.04 Å². The Morgan fingerprint density at radius 1 is 1.00 bits per heavy atom. The first-order valence-corrected chi connectivity index (χ1v) is 13.7. The third-order valence-corrected chi connectivity index (χ3v) is 9.13. The van der Waals surface area contributed by atoms with E-state index in [1.165, 1.54) is 13.1 Å². The first kappa shape index (κ1) is 30.0. The van der Waals surface area contributed by atoms with Crippen LogP contribution < -0.4 is 5.32 Å². The van der Waals surface area contributed by atoms with Crippen molar-refractivity contribution in [1.29, 1.82) is 0 Å². The molecule has 1 atom stereocenters. The molecule has 1 aliphatic rings. The van der Waals surface area contributed by atoms with Gasteiger partial charge in [0.05, 0.1) is 11.1 Å². The van der Waals surface area contributed by atoms with E-state index in [9.17, 15) is 35.9 Å². The van der Waals surface area contributed by atoms with Gasteiger partial charge in [0.1, 0.15) is 0 Å². The van der Waals surface area contributed by atoms with Crippen molar-refractivity contribution in [3.05, 3.63) is 74.8 Å². The molecule has 14 heteroatoms. The van der Waals surface area contributed by atoms with Crippen LogP contribution in [0.25, 0.3) is 6.08 Å². The summed E-state index contributed by atoms with van der Waals surface area (Å²) in [6.45, 7) is 0. The molecule has 1 fully saturated rings. The number of hydrogen-bond acceptors (Lipinski definition) is 3. The smallest absolute Gasteiger partial charge is 0.337 e. The average Bonchev–Trinajstić information content (AvgIpc) is 3.28. The number of amides is 2. The number of alkyl halides is 6. The zero-order valence-corrected chi connectivity index (χ0v) is 22.0. The van der Waals surface area contributed by atoms with Crippen molar-refractivity contribution in [2.24, 2.45) is 8.73 Å². The summed E-state index contributed by atoms with van der Waals surface area (Å²) in [5.74, 6) is -1.20. The Balaban J connectivity index is 1.89. The van der Waals surface area contributed by atoms with Gasteiger partial charge < -0.3 is 5.32 Å². The largest absolute Gasteiger partial charge is 0.417 e. The highest BCUT2D eigenvalue weighted by atomic mass is 35.5. The number of nitrogens with one attached hydrogen (secondary N) is 1. The van der Waals surface area contributed by atoms with E-state index in [2.05, 4.69) is 8.73 Å². The van der Waals surface area contributed by atoms with E-state index in [1.54, 1.807) is 5.32 Å². The molecule has 0 saturated carbocycles. The molecule has 2 aromatic carbocycles. The zero-order valence-electron chi connectivity index (χ0n) is 19.7. The van der Waals surface area contributed by atoms with Crippen molar-refractivity contribution in [2.75, 3.05) is 18.6 Å². The van der Waals surface area contributed by atoms with Gasteiger partial charge in [-0.25, -0.2) is 0 Å². The predicted molar refractivity (Wildman–Crippen MR) is 135 cm³/mol. The molecule has 0 aliphatic carbocycles. The normalized spacial score (nSPS) is 16.3. The quantitative estimate of drug-likeness (QED) is 0.285. The fourth-order valence-electron chi connectivity index (χ4n) is 3.83. The van der Waals surface area contributed by atoms with Gasteiger partial charge >= 0.3 is 12.4 Å². The van der Waals surface area contributed by atoms with Gasteiger partial charge in [0.2, 0.25) is 5.91 Å². The molecule has 2 aromatic rings. The van der Waals surface area contributed by atoms with Crippen LogP contribution in [0.5, 0.6) is 0 Å². The van der Waals surface area contributed by atoms with Crippen molar-refractivity contribution < 1.29 is 35.9 Å². The summed E-state index contributed by atoms with van der Waals surface area (Å²) < 4.78 is 90.3. The Bertz CT molecular complexity index is 1360. The van der Waals surface area contributed by atoms with Crippen LogP contribution in [0.15, 0.2) is 51.2 Å². The lowest BCUT2D eigenvalue weighted by Gasteiger charge is -2.22. The summed E-state index contributed by atoms with van der Waals surface area (Å²) in [6.07, 6.45) is -6.74. The molecule has 1 aliphatic heterocycles. The Labute approximate surface area is 225 Å². The fourth-order valence-corrected chi connectivity index (χ4v) is 6.95. The van der Waals surface area contributed by atoms with E-state index < -0.39 is 56.5 Å². The first-order valence-electron chi connectivity index (χ1n) is 11.0. The number of benzene rings is 2. The molecule has 206 valence electrons. The number of halogens is 8. The molecule has 0 radical (unpaired) electrons. The maximum Gasteiger partial charge on any atom is 0.417 e. The van der Waals surface area contributed by atoms with Crippen LogP contribution in [0.3, 0.4) is 0 Å². The summed E-state index contributed by atoms with van der Waals surface area (Å²) in [5.41, 5.74) is -2.54. The maximum atomic E-state index is 13.8. The van der Waals surface area contributed by atoms with Crippen LogP contribution in [-0.4, -0.2) is 36.5 Å². The van der Waals surface area contributed by atoms with Crippen molar-refractivity contribution in [2.45, 2.75) is 31.2 Å². The van der Waals surface area contributed by atoms with Gasteiger partial charge in [0, 0.05) is 34.7 Å². The molecular weight excluding hydrogens is 579 g/mol. The lowest BCUT2D eigenvalue weighted by Crippen LogP contribution is -2.37. The Hall–Kier alpha value is -2.57. The van der Waals surface area contributed by atoms with Gasteiger partial charge in [-0.3, -0.25) is 14.0 Å². The monoisotopic (exact) mass is 599 g/mol. The lowest BCUT2D eigenvalue weighted by molar-refractivity contribution is -0.162. The van der Waals surface area contributed by atoms with Crippen molar-refractivity contribution in [3.8, 4) is 0 Å². The van der Waals surface area contributed by atoms with Gasteiger partial charge in [-0.2, -0.15) is 30.7 Å². The van der Waals surface area contributed by atoms with Crippen molar-refractivity contribution >= 4 is 50.7 Å². The Morgan fingerprint density at radius 2 is 1.61 bits per heavy atom. The minimum Gasteiger partial charge on any atom is -0.337 e. The maximum absolute atomic E-state index is 13.8. The average molecular weight is 600 g/mol. The van der Waals surface area contributed by atoms with Gasteiger partial charge in [-0.1, -0.05) is 38.9 Å². The molecule has 0 bridgehead atoms. The third-order valence-electron chi connectivity index (χ3n) is 5.62. The van der Waals surface area contributed by atoms with E-state index in [1.807, 2.05) is 0 Å². The summed E-state index contributed by atoms with van der Waals surface area (Å²) in [4.78, 5) is 25.0. The third kappa shape index (κ3) is 7.51. The Kier molecular flexibility index (Phi) is 9.20. The number of carbonyl (C=O) groups excluding carboxylic acids is 2. The van der Waals surface area contributed by atoms with Crippen LogP contribution in [0.1, 0.15) is 45.9 Å². The molecule has 5 nitrogen and oxygen atoms in total. The van der Waals surface area contributed by atoms with E-state index >= 15 is 0 Å². The van der Waals surface area contributed by atoms with Gasteiger partial charge in [-0.05, 0) is 60.4 Å². The number of hydrogen-bond donors (Lipinski definition) is 1. The SMILES string of the molecule is CN=S1(=NC(=O)c2ccc(/C=C/C(=O)NC(c3cc(Cl)cc(Cl)c3)C(F)(F)F)cc2C(F)(F)F)CCCC1. The van der Waals surface area contributed by atoms with Crippen LogP contribution in [0.4, 0.5) is 26.3 Å². The van der Waals surface area contributed by atoms with Gasteiger partial charge in [0.25, 0.3) is 5.91 Å². The zero-order chi connectivity index (χ0) is 28.3. The molecule has 38 heavy (non-hydrogen) atoms. The van der Waals surface area contributed by atoms with E-state index in [0.29, 0.717) is 23.6 Å². The predicted octanol–water partition coefficient (Wildman–Crippen LogP) is 7.53. The van der Waals surface area contributed by atoms with E-state index in [0.717, 1.165) is 43.2 Å². The summed E-state index contributed by atoms with van der Waals surface area (Å²) >= 11 is 11.5. The van der Waals surface area contributed by atoms with Crippen LogP contribution in [0, 0.1) is 0 Å². The summed E-state index contributed by atoms with van der Waals surface area (Å²) in [5, 5.41) is 1.59. The molecular formula is C24H21Cl2F6N3O2S. The minimum atomic E-state index is -4.93. The number of carbonyl (C=O) groups is 2. The number of nitrogens with zero attached hydrogens (tertiary/aromatic N) is 2.